The smallest absolute Gasteiger partial charge is 0.358 e. The van der Waals surface area contributed by atoms with Crippen LogP contribution in [0, 0.1) is 28.6 Å². The number of hydrogen-bond donors (Lipinski definition) is 7. The molecule has 76 heavy (non-hydrogen) atoms. The lowest BCUT2D eigenvalue weighted by atomic mass is 10.1. The Bertz CT molecular complexity index is 2520. The molecular formula is C49H54I8N4O15. The van der Waals surface area contributed by atoms with Crippen molar-refractivity contribution in [3.8, 4) is 34.5 Å². The van der Waals surface area contributed by atoms with Gasteiger partial charge in [0.2, 0.25) is 5.91 Å². The zero-order valence-corrected chi connectivity index (χ0v) is 57.6. The Morgan fingerprint density at radius 1 is 0.526 bits per heavy atom. The summed E-state index contributed by atoms with van der Waals surface area (Å²) in [5.74, 6) is 0.436. The van der Waals surface area contributed by atoms with Gasteiger partial charge < -0.3 is 60.6 Å². The van der Waals surface area contributed by atoms with Crippen molar-refractivity contribution in [2.45, 2.75) is 70.6 Å². The van der Waals surface area contributed by atoms with E-state index in [1.165, 1.54) is 0 Å². The van der Waals surface area contributed by atoms with Crippen LogP contribution in [0.15, 0.2) is 48.5 Å². The number of carbonyl (C=O) groups is 6. The molecule has 27 heteroatoms. The van der Waals surface area contributed by atoms with E-state index in [1.807, 2.05) is 48.5 Å². The molecule has 1 aliphatic rings. The summed E-state index contributed by atoms with van der Waals surface area (Å²) >= 11 is 17.7. The number of unbranched alkanes of at least 4 members (excludes halogenated alkanes) is 4. The number of aliphatic hydroxyl groups excluding tert-OH is 2. The molecule has 0 aromatic heterocycles. The third kappa shape index (κ3) is 25.7. The summed E-state index contributed by atoms with van der Waals surface area (Å²) in [4.78, 5) is 69.2. The number of rotatable bonds is 28. The monoisotopic (exact) mass is 1950 g/mol. The number of nitrogens with two attached hydrogens (primary N) is 1. The van der Waals surface area contributed by atoms with Crippen LogP contribution in [0.3, 0.4) is 0 Å². The second-order valence-corrected chi connectivity index (χ2v) is 25.3. The molecule has 0 unspecified atom stereocenters. The van der Waals surface area contributed by atoms with E-state index in [0.717, 1.165) is 121 Å². The van der Waals surface area contributed by atoms with E-state index in [1.54, 1.807) is 0 Å². The van der Waals surface area contributed by atoms with Gasteiger partial charge in [0.15, 0.2) is 11.5 Å². The maximum atomic E-state index is 11.0. The Morgan fingerprint density at radius 3 is 1.33 bits per heavy atom. The van der Waals surface area contributed by atoms with Gasteiger partial charge in [-0.2, -0.15) is 0 Å². The Morgan fingerprint density at radius 2 is 0.921 bits per heavy atom. The van der Waals surface area contributed by atoms with Gasteiger partial charge in [0, 0.05) is 19.4 Å². The van der Waals surface area contributed by atoms with Crippen LogP contribution in [0.4, 0.5) is 0 Å². The first kappa shape index (κ1) is 69.1. The maximum absolute atomic E-state index is 11.0. The van der Waals surface area contributed by atoms with E-state index in [0.29, 0.717) is 42.9 Å². The molecule has 1 saturated heterocycles. The number of benzene rings is 4. The van der Waals surface area contributed by atoms with Crippen LogP contribution in [0.1, 0.15) is 68.9 Å². The number of imide groups is 1. The lowest BCUT2D eigenvalue weighted by molar-refractivity contribution is -0.199. The Kier molecular flexibility index (Phi) is 34.3. The largest absolute Gasteiger partial charge is 0.491 e. The zero-order chi connectivity index (χ0) is 56.3. The second-order valence-electron chi connectivity index (χ2n) is 16.0. The van der Waals surface area contributed by atoms with Crippen molar-refractivity contribution >= 4 is 216 Å². The van der Waals surface area contributed by atoms with Crippen LogP contribution in [-0.4, -0.2) is 114 Å². The maximum Gasteiger partial charge on any atom is 0.358 e. The molecule has 0 radical (unpaired) electrons. The van der Waals surface area contributed by atoms with Crippen molar-refractivity contribution in [1.82, 2.24) is 15.7 Å². The van der Waals surface area contributed by atoms with E-state index >= 15 is 0 Å². The number of halogens is 8. The van der Waals surface area contributed by atoms with Crippen LogP contribution in [0.2, 0.25) is 0 Å². The van der Waals surface area contributed by atoms with Crippen LogP contribution in [0.5, 0.6) is 34.5 Å². The number of amides is 3. The summed E-state index contributed by atoms with van der Waals surface area (Å²) in [7, 11) is 0. The van der Waals surface area contributed by atoms with E-state index in [4.69, 9.17) is 45.1 Å². The molecule has 0 saturated carbocycles. The third-order valence-electron chi connectivity index (χ3n) is 9.87. The van der Waals surface area contributed by atoms with Gasteiger partial charge in [-0.25, -0.2) is 4.79 Å². The van der Waals surface area contributed by atoms with Crippen LogP contribution in [0.25, 0.3) is 0 Å². The molecule has 0 spiro atoms. The minimum Gasteiger partial charge on any atom is -0.491 e. The minimum atomic E-state index is -1.02. The first-order valence-corrected chi connectivity index (χ1v) is 31.7. The molecule has 5 rings (SSSR count). The first-order chi connectivity index (χ1) is 36.2. The van der Waals surface area contributed by atoms with Crippen molar-refractivity contribution in [2.24, 2.45) is 5.73 Å². The van der Waals surface area contributed by atoms with Gasteiger partial charge in [0.25, 0.3) is 11.8 Å². The van der Waals surface area contributed by atoms with Gasteiger partial charge >= 0.3 is 17.9 Å². The molecular weight excluding hydrogens is 1900 g/mol. The summed E-state index contributed by atoms with van der Waals surface area (Å²) in [5, 5.41) is 41.3. The number of hydroxylamine groups is 2. The summed E-state index contributed by atoms with van der Waals surface area (Å²) in [6, 6.07) is 15.2. The summed E-state index contributed by atoms with van der Waals surface area (Å²) < 4.78 is 31.7. The summed E-state index contributed by atoms with van der Waals surface area (Å²) in [5.41, 5.74) is 6.98. The summed E-state index contributed by atoms with van der Waals surface area (Å²) in [6.45, 7) is 3.12. The second kappa shape index (κ2) is 37.7. The van der Waals surface area contributed by atoms with Gasteiger partial charge in [0.1, 0.15) is 36.2 Å². The fraction of sp³-hybridized carbons (Fsp3) is 0.388. The molecule has 3 amide bonds. The van der Waals surface area contributed by atoms with Crippen LogP contribution < -0.4 is 35.3 Å². The molecule has 19 nitrogen and oxygen atoms in total. The Labute approximate surface area is 549 Å². The van der Waals surface area contributed by atoms with Gasteiger partial charge in [-0.1, -0.05) is 19.3 Å². The predicted molar refractivity (Wildman–Crippen MR) is 350 cm³/mol. The number of aliphatic carboxylic acids is 2. The first-order valence-electron chi connectivity index (χ1n) is 23.1. The van der Waals surface area contributed by atoms with E-state index in [2.05, 4.69) is 196 Å². The van der Waals surface area contributed by atoms with Gasteiger partial charge in [-0.05, 0) is 286 Å². The van der Waals surface area contributed by atoms with Crippen molar-refractivity contribution in [2.75, 3.05) is 52.6 Å². The molecule has 4 aromatic carbocycles. The molecule has 1 heterocycles. The number of nitrogens with zero attached hydrogens (tertiary/aromatic N) is 1. The average Bonchev–Trinajstić information content (AvgIpc) is 3.66. The lowest BCUT2D eigenvalue weighted by Crippen LogP contribution is -2.33. The number of nitrogens with one attached hydrogen (secondary N) is 2. The molecule has 0 bridgehead atoms. The van der Waals surface area contributed by atoms with E-state index in [9.17, 15) is 28.8 Å². The average molecular weight is 1950 g/mol. The SMILES string of the molecule is NCCCNCCCOc1c(I)cc(Oc2c(I)cc(CC(=O)O)cc2I)cc1I.O=C(CO)ON1C(=O)CCC1=O.O=C(O)Cc1cc(I)c(Oc2cc(I)c(OCCCCCCCNC(=O)CO)c(I)c2)c(I)c1. The highest BCUT2D eigenvalue weighted by atomic mass is 127. The number of carbonyl (C=O) groups excluding carboxylic acids is 4. The number of hydrogen-bond acceptors (Lipinski definition) is 15. The molecule has 416 valence electrons. The lowest BCUT2D eigenvalue weighted by Gasteiger charge is -2.15. The molecule has 1 fully saturated rings. The highest BCUT2D eigenvalue weighted by Crippen LogP contribution is 2.39. The predicted octanol–water partition coefficient (Wildman–Crippen LogP) is 9.78. The fourth-order valence-corrected chi connectivity index (χ4v) is 14.7. The topological polar surface area (TPSA) is 283 Å². The zero-order valence-electron chi connectivity index (χ0n) is 40.4. The minimum absolute atomic E-state index is 0.00332. The van der Waals surface area contributed by atoms with Crippen LogP contribution >= 0.6 is 181 Å². The van der Waals surface area contributed by atoms with Crippen molar-refractivity contribution in [1.29, 1.82) is 0 Å². The molecule has 0 atom stereocenters. The number of carboxylic acid groups (broad SMARTS) is 2. The number of aliphatic hydroxyl groups is 2. The highest BCUT2D eigenvalue weighted by Gasteiger charge is 2.32. The fourth-order valence-electron chi connectivity index (χ4n) is 6.40. The van der Waals surface area contributed by atoms with E-state index in [-0.39, 0.29) is 31.6 Å². The Balaban J connectivity index is 0.000000330. The molecule has 8 N–H and O–H groups in total. The van der Waals surface area contributed by atoms with Gasteiger partial charge in [0.05, 0.1) is 54.6 Å². The van der Waals surface area contributed by atoms with Gasteiger partial charge in [-0.15, -0.1) is 5.06 Å². The van der Waals surface area contributed by atoms with Crippen molar-refractivity contribution in [3.05, 3.63) is 88.2 Å². The van der Waals surface area contributed by atoms with Crippen LogP contribution in [-0.2, 0) is 46.4 Å². The third-order valence-corrected chi connectivity index (χ3v) is 16.3. The normalized spacial score (nSPS) is 11.8. The van der Waals surface area contributed by atoms with Gasteiger partial charge in [-0.3, -0.25) is 24.0 Å². The molecule has 1 aliphatic heterocycles. The molecule has 4 aromatic rings. The summed E-state index contributed by atoms with van der Waals surface area (Å²) in [6.07, 6.45) is 7.01. The number of carboxylic acids is 2. The Hall–Kier alpha value is -1.22. The quantitative estimate of drug-likeness (QED) is 0.0158. The number of ether oxygens (including phenoxy) is 4. The highest BCUT2D eigenvalue weighted by molar-refractivity contribution is 14.1. The van der Waals surface area contributed by atoms with Crippen molar-refractivity contribution < 1.29 is 73.0 Å². The van der Waals surface area contributed by atoms with E-state index < -0.39 is 42.9 Å². The van der Waals surface area contributed by atoms with Crippen molar-refractivity contribution in [3.63, 3.8) is 0 Å². The standard InChI is InChI=1S/C23H25I4NO6.C20H22I4N2O4.C6H7NO5/c24-16-8-14(10-21(31)32)9-17(25)23(16)34-15-11-18(26)22(19(27)12-15)33-7-5-3-1-2-4-6-28-20(30)13-29;21-14-7-12(9-18(27)28)8-15(22)20(14)30-13-10-16(23)19(17(24)11-13)29-6-2-5-26-4-1-3-25;8-3-6(11)12-7-4(9)1-2-5(7)10/h8-9,11-12,29H,1-7,10,13H2,(H,28,30)(H,31,32);7-8,10-11,26H,1-6,9,25H2,(H,27,28);8H,1-3H2. The molecule has 0 aliphatic carbocycles.